The van der Waals surface area contributed by atoms with Gasteiger partial charge in [0.2, 0.25) is 0 Å². The van der Waals surface area contributed by atoms with Gasteiger partial charge in [-0.15, -0.1) is 0 Å². The van der Waals surface area contributed by atoms with Crippen LogP contribution in [0.1, 0.15) is 134 Å². The van der Waals surface area contributed by atoms with Gasteiger partial charge in [-0.1, -0.05) is 97.3 Å². The summed E-state index contributed by atoms with van der Waals surface area (Å²) in [7, 11) is 0. The van der Waals surface area contributed by atoms with Gasteiger partial charge in [-0.3, -0.25) is 0 Å². The summed E-state index contributed by atoms with van der Waals surface area (Å²) in [4.78, 5) is 0. The lowest BCUT2D eigenvalue weighted by Gasteiger charge is -2.39. The minimum Gasteiger partial charge on any atom is -0.0651 e. The molecule has 0 nitrogen and oxygen atoms in total. The molecule has 4 rings (SSSR count). The Morgan fingerprint density at radius 3 is 1.63 bits per heavy atom. The van der Waals surface area contributed by atoms with Crippen LogP contribution >= 0.6 is 0 Å². The van der Waals surface area contributed by atoms with E-state index in [1.165, 1.54) is 93.7 Å². The van der Waals surface area contributed by atoms with Gasteiger partial charge in [0.15, 0.2) is 0 Å². The number of hydrogen-bond donors (Lipinski definition) is 0. The average molecular weight is 481 g/mol. The molecule has 0 heterocycles. The molecule has 3 saturated carbocycles. The Kier molecular flexibility index (Phi) is 11.2. The van der Waals surface area contributed by atoms with Crippen molar-refractivity contribution < 1.29 is 0 Å². The van der Waals surface area contributed by atoms with Crippen LogP contribution in [0.5, 0.6) is 0 Å². The first kappa shape index (κ1) is 28.8. The molecular formula is C35H60. The molecule has 2 unspecified atom stereocenters. The first-order valence-corrected chi connectivity index (χ1v) is 15.7. The fourth-order valence-electron chi connectivity index (χ4n) is 8.03. The van der Waals surface area contributed by atoms with Gasteiger partial charge in [0.25, 0.3) is 0 Å². The molecule has 0 amide bonds. The molecule has 0 heteroatoms. The van der Waals surface area contributed by atoms with Crippen molar-refractivity contribution >= 4 is 0 Å². The fraction of sp³-hybridized carbons (Fsp3) is 0.829. The summed E-state index contributed by atoms with van der Waals surface area (Å²) in [6.07, 6.45) is 19.1. The third kappa shape index (κ3) is 8.64. The van der Waals surface area contributed by atoms with Crippen molar-refractivity contribution in [1.82, 2.24) is 0 Å². The molecule has 200 valence electrons. The molecule has 2 atom stereocenters. The zero-order valence-corrected chi connectivity index (χ0v) is 25.0. The molecule has 1 aromatic carbocycles. The molecular weight excluding hydrogens is 420 g/mol. The molecule has 0 N–H and O–H groups in total. The van der Waals surface area contributed by atoms with Crippen LogP contribution in [0.15, 0.2) is 12.1 Å². The van der Waals surface area contributed by atoms with Crippen LogP contribution in [0.3, 0.4) is 0 Å². The van der Waals surface area contributed by atoms with Gasteiger partial charge in [-0.25, -0.2) is 0 Å². The summed E-state index contributed by atoms with van der Waals surface area (Å²) in [5.41, 5.74) is 6.04. The van der Waals surface area contributed by atoms with E-state index in [0.717, 1.165) is 47.3 Å². The van der Waals surface area contributed by atoms with Crippen LogP contribution in [-0.4, -0.2) is 0 Å². The van der Waals surface area contributed by atoms with Crippen molar-refractivity contribution in [3.05, 3.63) is 34.4 Å². The smallest absolute Gasteiger partial charge is 0.0245 e. The predicted octanol–water partition coefficient (Wildman–Crippen LogP) is 10.9. The second-order valence-corrected chi connectivity index (χ2v) is 13.9. The van der Waals surface area contributed by atoms with Crippen molar-refractivity contribution in [1.29, 1.82) is 0 Å². The highest BCUT2D eigenvalue weighted by atomic mass is 14.4. The summed E-state index contributed by atoms with van der Waals surface area (Å²) < 4.78 is 0. The van der Waals surface area contributed by atoms with Crippen LogP contribution in [0.2, 0.25) is 0 Å². The molecule has 3 aliphatic carbocycles. The summed E-state index contributed by atoms with van der Waals surface area (Å²) in [6, 6.07) is 4.69. The van der Waals surface area contributed by atoms with Crippen molar-refractivity contribution in [3.63, 3.8) is 0 Å². The first-order chi connectivity index (χ1) is 16.7. The van der Waals surface area contributed by atoms with E-state index in [2.05, 4.69) is 67.5 Å². The van der Waals surface area contributed by atoms with Gasteiger partial charge >= 0.3 is 0 Å². The van der Waals surface area contributed by atoms with E-state index in [0.29, 0.717) is 0 Å². The Morgan fingerprint density at radius 1 is 0.629 bits per heavy atom. The number of benzene rings is 1. The minimum atomic E-state index is 0.938. The maximum atomic E-state index is 2.48. The third-order valence-corrected chi connectivity index (χ3v) is 10.9. The van der Waals surface area contributed by atoms with Crippen LogP contribution in [-0.2, 0) is 6.42 Å². The van der Waals surface area contributed by atoms with E-state index in [1.54, 1.807) is 12.0 Å². The highest BCUT2D eigenvalue weighted by Crippen LogP contribution is 2.42. The molecule has 0 aliphatic heterocycles. The highest BCUT2D eigenvalue weighted by Gasteiger charge is 2.32. The SMILES string of the molecule is CC1CCC(CC2CC(C)C(C)C(C)C2)CC1.CCC1CCC(Cc2c(C)cc(C)cc2C)CC1. The summed E-state index contributed by atoms with van der Waals surface area (Å²) in [5.74, 6) is 7.97. The lowest BCUT2D eigenvalue weighted by molar-refractivity contribution is 0.114. The lowest BCUT2D eigenvalue weighted by Crippen LogP contribution is -2.29. The Bertz CT molecular complexity index is 708. The summed E-state index contributed by atoms with van der Waals surface area (Å²) in [6.45, 7) is 19.0. The third-order valence-electron chi connectivity index (χ3n) is 10.9. The lowest BCUT2D eigenvalue weighted by atomic mass is 9.66. The summed E-state index contributed by atoms with van der Waals surface area (Å²) >= 11 is 0. The fourth-order valence-corrected chi connectivity index (χ4v) is 8.03. The largest absolute Gasteiger partial charge is 0.0651 e. The standard InChI is InChI=1S/C18H28.C17H32/c1-5-16-6-8-17(9-7-16)12-18-14(3)10-13(2)11-15(18)4;1-12-5-7-16(8-6-12)11-17-9-13(2)15(4)14(3)10-17/h10-11,16-17H,5-9,12H2,1-4H3;12-17H,5-11H2,1-4H3. The maximum absolute atomic E-state index is 2.48. The Hall–Kier alpha value is -0.780. The van der Waals surface area contributed by atoms with Crippen LogP contribution in [0.4, 0.5) is 0 Å². The molecule has 0 saturated heterocycles. The van der Waals surface area contributed by atoms with Gasteiger partial charge in [0.1, 0.15) is 0 Å². The van der Waals surface area contributed by atoms with E-state index in [9.17, 15) is 0 Å². The van der Waals surface area contributed by atoms with Crippen LogP contribution in [0, 0.1) is 68.1 Å². The van der Waals surface area contributed by atoms with E-state index in [4.69, 9.17) is 0 Å². The Labute approximate surface area is 220 Å². The Morgan fingerprint density at radius 2 is 1.11 bits per heavy atom. The predicted molar refractivity (Wildman–Crippen MR) is 156 cm³/mol. The number of aryl methyl sites for hydroxylation is 3. The first-order valence-electron chi connectivity index (χ1n) is 15.7. The zero-order chi connectivity index (χ0) is 25.5. The van der Waals surface area contributed by atoms with Crippen molar-refractivity contribution in [2.75, 3.05) is 0 Å². The molecule has 35 heavy (non-hydrogen) atoms. The number of hydrogen-bond acceptors (Lipinski definition) is 0. The molecule has 0 aromatic heterocycles. The van der Waals surface area contributed by atoms with E-state index in [-0.39, 0.29) is 0 Å². The van der Waals surface area contributed by atoms with Gasteiger partial charge in [-0.05, 0) is 123 Å². The van der Waals surface area contributed by atoms with Gasteiger partial charge in [0, 0.05) is 0 Å². The molecule has 3 fully saturated rings. The molecule has 0 bridgehead atoms. The molecule has 0 radical (unpaired) electrons. The van der Waals surface area contributed by atoms with Gasteiger partial charge < -0.3 is 0 Å². The van der Waals surface area contributed by atoms with Gasteiger partial charge in [0.05, 0.1) is 0 Å². The van der Waals surface area contributed by atoms with E-state index >= 15 is 0 Å². The Balaban J connectivity index is 0.000000196. The normalized spacial score (nSPS) is 35.8. The number of rotatable bonds is 5. The summed E-state index contributed by atoms with van der Waals surface area (Å²) in [5, 5.41) is 0. The molecule has 3 aliphatic rings. The second-order valence-electron chi connectivity index (χ2n) is 13.9. The van der Waals surface area contributed by atoms with Crippen molar-refractivity contribution in [3.8, 4) is 0 Å². The van der Waals surface area contributed by atoms with Gasteiger partial charge in [-0.2, -0.15) is 0 Å². The topological polar surface area (TPSA) is 0 Å². The van der Waals surface area contributed by atoms with Crippen molar-refractivity contribution in [2.45, 2.75) is 139 Å². The van der Waals surface area contributed by atoms with Crippen molar-refractivity contribution in [2.24, 2.45) is 47.3 Å². The van der Waals surface area contributed by atoms with E-state index in [1.807, 2.05) is 0 Å². The second kappa shape index (κ2) is 13.7. The monoisotopic (exact) mass is 480 g/mol. The quantitative estimate of drug-likeness (QED) is 0.393. The molecule has 1 aromatic rings. The minimum absolute atomic E-state index is 0.938. The van der Waals surface area contributed by atoms with Crippen LogP contribution in [0.25, 0.3) is 0 Å². The zero-order valence-electron chi connectivity index (χ0n) is 25.0. The highest BCUT2D eigenvalue weighted by molar-refractivity contribution is 5.37. The van der Waals surface area contributed by atoms with E-state index < -0.39 is 0 Å². The molecule has 0 spiro atoms. The average Bonchev–Trinajstić information content (AvgIpc) is 2.82. The van der Waals surface area contributed by atoms with Crippen LogP contribution < -0.4 is 0 Å². The maximum Gasteiger partial charge on any atom is -0.0245 e.